The number of fused-ring (bicyclic) bond motifs is 4. The predicted molar refractivity (Wildman–Crippen MR) is 242 cm³/mol. The zero-order valence-corrected chi connectivity index (χ0v) is 36.7. The summed E-state index contributed by atoms with van der Waals surface area (Å²) < 4.78 is 33.3. The first-order chi connectivity index (χ1) is 32.0. The monoisotopic (exact) mass is 915 g/mol. The third-order valence-electron chi connectivity index (χ3n) is 14.0. The van der Waals surface area contributed by atoms with Gasteiger partial charge in [-0.3, -0.25) is 39.5 Å². The lowest BCUT2D eigenvalue weighted by atomic mass is 9.99. The highest BCUT2D eigenvalue weighted by Gasteiger charge is 2.46. The molecule has 5 aromatic rings. The van der Waals surface area contributed by atoms with Gasteiger partial charge in [0, 0.05) is 98.0 Å². The second-order valence-electron chi connectivity index (χ2n) is 17.9. The third-order valence-corrected chi connectivity index (χ3v) is 14.7. The summed E-state index contributed by atoms with van der Waals surface area (Å²) >= 11 is 1.27. The van der Waals surface area contributed by atoms with Crippen LogP contribution in [0, 0.1) is 11.6 Å². The lowest BCUT2D eigenvalue weighted by Crippen LogP contribution is -2.54. The summed E-state index contributed by atoms with van der Waals surface area (Å²) in [5.74, 6) is -2.42. The van der Waals surface area contributed by atoms with E-state index in [4.69, 9.17) is 0 Å². The van der Waals surface area contributed by atoms with Crippen LogP contribution in [0.5, 0.6) is 0 Å². The second-order valence-corrected chi connectivity index (χ2v) is 18.8. The van der Waals surface area contributed by atoms with E-state index in [1.807, 2.05) is 38.6 Å². The smallest absolute Gasteiger partial charge is 0.255 e. The first kappa shape index (κ1) is 41.9. The Hall–Kier alpha value is -6.73. The van der Waals surface area contributed by atoms with Crippen molar-refractivity contribution in [3.8, 4) is 11.1 Å². The van der Waals surface area contributed by atoms with Crippen LogP contribution in [-0.2, 0) is 38.7 Å². The van der Waals surface area contributed by atoms with Crippen LogP contribution in [0.25, 0.3) is 11.1 Å². The summed E-state index contributed by atoms with van der Waals surface area (Å²) in [5.41, 5.74) is 5.13. The van der Waals surface area contributed by atoms with E-state index >= 15 is 8.78 Å². The van der Waals surface area contributed by atoms with Crippen LogP contribution >= 0.6 is 11.3 Å². The van der Waals surface area contributed by atoms with Crippen LogP contribution in [0.15, 0.2) is 72.5 Å². The number of likely N-dealkylation sites (tertiary alicyclic amines) is 1. The number of nitrogens with one attached hydrogen (secondary N) is 3. The van der Waals surface area contributed by atoms with Gasteiger partial charge in [0.05, 0.1) is 36.8 Å². The number of carbonyl (C=O) groups excluding carboxylic acids is 5. The number of benzene rings is 3. The average molecular weight is 916 g/mol. The second kappa shape index (κ2) is 16.9. The topological polar surface area (TPSA) is 168 Å². The molecule has 0 spiro atoms. The van der Waals surface area contributed by atoms with Crippen molar-refractivity contribution >= 4 is 63.1 Å². The molecule has 2 bridgehead atoms. The molecule has 6 aliphatic heterocycles. The Labute approximate surface area is 382 Å². The van der Waals surface area contributed by atoms with Crippen LogP contribution in [0.2, 0.25) is 0 Å². The zero-order valence-electron chi connectivity index (χ0n) is 35.9. The first-order valence-corrected chi connectivity index (χ1v) is 23.3. The molecule has 6 aliphatic rings. The maximum atomic E-state index is 16.0. The number of hydrogen-bond donors (Lipinski definition) is 3. The molecule has 66 heavy (non-hydrogen) atoms. The molecule has 11 rings (SSSR count). The normalized spacial score (nSPS) is 21.9. The number of imide groups is 1. The molecule has 4 atom stereocenters. The van der Waals surface area contributed by atoms with Gasteiger partial charge < -0.3 is 29.5 Å². The van der Waals surface area contributed by atoms with Gasteiger partial charge in [-0.05, 0) is 79.3 Å². The summed E-state index contributed by atoms with van der Waals surface area (Å²) in [6.45, 7) is 4.69. The van der Waals surface area contributed by atoms with E-state index in [9.17, 15) is 24.0 Å². The third kappa shape index (κ3) is 7.72. The molecule has 5 amide bonds. The minimum Gasteiger partial charge on any atom is -0.374 e. The Morgan fingerprint density at radius 2 is 1.73 bits per heavy atom. The minimum atomic E-state index is -1.06. The van der Waals surface area contributed by atoms with Crippen LogP contribution < -0.4 is 25.8 Å². The summed E-state index contributed by atoms with van der Waals surface area (Å²) in [7, 11) is 0. The molecule has 16 nitrogen and oxygen atoms in total. The maximum absolute atomic E-state index is 16.0. The van der Waals surface area contributed by atoms with Crippen LogP contribution in [0.4, 0.5) is 31.0 Å². The van der Waals surface area contributed by atoms with Gasteiger partial charge in [0.2, 0.25) is 17.7 Å². The molecule has 3 N–H and O–H groups in total. The number of rotatable bonds is 11. The van der Waals surface area contributed by atoms with Crippen LogP contribution in [0.3, 0.4) is 0 Å². The minimum absolute atomic E-state index is 0.0677. The molecule has 340 valence electrons. The van der Waals surface area contributed by atoms with Crippen LogP contribution in [0.1, 0.15) is 59.0 Å². The van der Waals surface area contributed by atoms with Gasteiger partial charge in [-0.25, -0.2) is 18.7 Å². The molecule has 1 unspecified atom stereocenters. The fourth-order valence-corrected chi connectivity index (χ4v) is 11.1. The van der Waals surface area contributed by atoms with E-state index in [0.717, 1.165) is 42.8 Å². The van der Waals surface area contributed by atoms with Crippen LogP contribution in [-0.4, -0.2) is 123 Å². The largest absolute Gasteiger partial charge is 0.374 e. The average Bonchev–Trinajstić information content (AvgIpc) is 4.19. The number of nitrogens with zero attached hydrogens (tertiary/aromatic N) is 8. The number of aromatic nitrogens is 3. The van der Waals surface area contributed by atoms with Gasteiger partial charge >= 0.3 is 0 Å². The summed E-state index contributed by atoms with van der Waals surface area (Å²) in [6, 6.07) is 14.4. The molecule has 4 fully saturated rings. The fourth-order valence-electron chi connectivity index (χ4n) is 10.6. The van der Waals surface area contributed by atoms with Crippen molar-refractivity contribution in [3.63, 3.8) is 0 Å². The Bertz CT molecular complexity index is 2760. The van der Waals surface area contributed by atoms with Gasteiger partial charge in [-0.2, -0.15) is 0 Å². The summed E-state index contributed by atoms with van der Waals surface area (Å²) in [6.07, 6.45) is 6.39. The molecule has 8 heterocycles. The molecular formula is C47H47F2N11O5S. The number of thiazole rings is 1. The summed E-state index contributed by atoms with van der Waals surface area (Å²) in [4.78, 5) is 83.9. The standard InChI is InChI=1S/C47H47F2N11O5S/c48-35-19-28(18-33-34(35)24-60(46(33)65)43(45(64)54-47-50-11-17-66-47)42-39-2-1-12-57(39)26-51-42)27-3-6-30(7-4-27)58-22-32-21-31(58)23-59(32)41(62)25-55-13-15-56(16-14-55)38-9-5-29(20-36(38)49)52-37-8-10-40(61)53-44(37)63/h3-7,9,11,17-20,26,31-32,37,43,52H,1-2,8,10,12-16,21-25H2,(H,50,54,64)(H,53,61,63)/t31-,32-,37+,43?/m1/s1. The molecule has 0 radical (unpaired) electrons. The van der Waals surface area contributed by atoms with E-state index in [0.29, 0.717) is 80.0 Å². The molecular weight excluding hydrogens is 869 g/mol. The molecule has 2 aromatic heterocycles. The van der Waals surface area contributed by atoms with Crippen molar-refractivity contribution in [3.05, 3.63) is 107 Å². The van der Waals surface area contributed by atoms with E-state index in [2.05, 4.69) is 35.7 Å². The Kier molecular flexibility index (Phi) is 10.8. The number of anilines is 4. The molecule has 3 aromatic carbocycles. The SMILES string of the molecule is O=C1CC[C@H](Nc2ccc(N3CCN(CC(=O)N4C[C@H]5C[C@@H]4CN5c4ccc(-c5cc(F)c6c(c5)C(=O)N(C(C(=O)Nc5nccs5)c5ncn7c5CCC7)C6)cc4)CC3)c(F)c2)C(=O)N1. The molecule has 19 heteroatoms. The fraction of sp³-hybridized carbons (Fsp3) is 0.383. The number of piperazine rings is 2. The number of aryl methyl sites for hydroxylation is 1. The van der Waals surface area contributed by atoms with E-state index in [1.54, 1.807) is 36.1 Å². The highest BCUT2D eigenvalue weighted by Crippen LogP contribution is 2.40. The Morgan fingerprint density at radius 1 is 0.894 bits per heavy atom. The molecule has 4 saturated heterocycles. The molecule has 0 saturated carbocycles. The van der Waals surface area contributed by atoms with Crippen molar-refractivity contribution in [1.82, 2.24) is 34.6 Å². The Morgan fingerprint density at radius 3 is 2.47 bits per heavy atom. The number of carbonyl (C=O) groups is 5. The lowest BCUT2D eigenvalue weighted by Gasteiger charge is -2.39. The van der Waals surface area contributed by atoms with Gasteiger partial charge in [0.15, 0.2) is 11.2 Å². The summed E-state index contributed by atoms with van der Waals surface area (Å²) in [5, 5.41) is 10.3. The van der Waals surface area contributed by atoms with E-state index in [-0.39, 0.29) is 48.0 Å². The van der Waals surface area contributed by atoms with E-state index < -0.39 is 41.4 Å². The van der Waals surface area contributed by atoms with Crippen molar-refractivity contribution in [2.75, 3.05) is 66.2 Å². The number of hydrogen-bond acceptors (Lipinski definition) is 12. The zero-order chi connectivity index (χ0) is 45.2. The number of halogens is 2. The molecule has 0 aliphatic carbocycles. The highest BCUT2D eigenvalue weighted by atomic mass is 32.1. The Balaban J connectivity index is 0.697. The van der Waals surface area contributed by atoms with Crippen molar-refractivity contribution < 1.29 is 32.8 Å². The van der Waals surface area contributed by atoms with Gasteiger partial charge in [0.1, 0.15) is 17.7 Å². The van der Waals surface area contributed by atoms with E-state index in [1.165, 1.54) is 28.4 Å². The predicted octanol–water partition coefficient (Wildman–Crippen LogP) is 4.40. The van der Waals surface area contributed by atoms with Gasteiger partial charge in [0.25, 0.3) is 11.8 Å². The quantitative estimate of drug-likeness (QED) is 0.161. The lowest BCUT2D eigenvalue weighted by molar-refractivity contribution is -0.134. The van der Waals surface area contributed by atoms with Crippen molar-refractivity contribution in [2.24, 2.45) is 0 Å². The highest BCUT2D eigenvalue weighted by molar-refractivity contribution is 7.13. The maximum Gasteiger partial charge on any atom is 0.255 e. The number of amides is 5. The van der Waals surface area contributed by atoms with Crippen molar-refractivity contribution in [1.29, 1.82) is 0 Å². The number of piperidine rings is 1. The number of imidazole rings is 1. The van der Waals surface area contributed by atoms with Gasteiger partial charge in [-0.1, -0.05) is 12.1 Å². The van der Waals surface area contributed by atoms with Gasteiger partial charge in [-0.15, -0.1) is 11.3 Å². The first-order valence-electron chi connectivity index (χ1n) is 22.5. The van der Waals surface area contributed by atoms with Crippen molar-refractivity contribution in [2.45, 2.75) is 69.4 Å².